The molecular formula is C12H13NO4. The first-order valence-electron chi connectivity index (χ1n) is 5.05. The van der Waals surface area contributed by atoms with E-state index < -0.39 is 11.9 Å². The first-order valence-corrected chi connectivity index (χ1v) is 5.05. The van der Waals surface area contributed by atoms with E-state index in [-0.39, 0.29) is 6.61 Å². The van der Waals surface area contributed by atoms with Crippen LogP contribution in [-0.4, -0.2) is 30.2 Å². The summed E-state index contributed by atoms with van der Waals surface area (Å²) in [6.07, 6.45) is 1.62. The van der Waals surface area contributed by atoms with Crippen LogP contribution in [0, 0.1) is 0 Å². The molecule has 0 aliphatic carbocycles. The van der Waals surface area contributed by atoms with Crippen LogP contribution in [0.15, 0.2) is 42.5 Å². The highest BCUT2D eigenvalue weighted by Gasteiger charge is 1.97. The minimum Gasteiger partial charge on any atom is -0.478 e. The van der Waals surface area contributed by atoms with Gasteiger partial charge in [0.1, 0.15) is 6.61 Å². The minimum atomic E-state index is -1.18. The fourth-order valence-corrected chi connectivity index (χ4v) is 1.09. The molecule has 2 N–H and O–H groups in total. The Balaban J connectivity index is 2.16. The second-order valence-corrected chi connectivity index (χ2v) is 3.13. The molecule has 1 aromatic carbocycles. The summed E-state index contributed by atoms with van der Waals surface area (Å²) in [5.41, 5.74) is 0.935. The quantitative estimate of drug-likeness (QED) is 0.441. The molecule has 5 heteroatoms. The number of ether oxygens (including phenoxy) is 1. The predicted octanol–water partition coefficient (Wildman–Crippen LogP) is 1.28. The second-order valence-electron chi connectivity index (χ2n) is 3.13. The molecule has 0 aliphatic heterocycles. The van der Waals surface area contributed by atoms with Gasteiger partial charge in [-0.1, -0.05) is 18.2 Å². The van der Waals surface area contributed by atoms with E-state index in [4.69, 9.17) is 9.84 Å². The summed E-state index contributed by atoms with van der Waals surface area (Å²) in [5.74, 6) is -1.84. The molecule has 0 aliphatic rings. The molecular weight excluding hydrogens is 222 g/mol. The lowest BCUT2D eigenvalue weighted by Crippen LogP contribution is -2.12. The zero-order valence-electron chi connectivity index (χ0n) is 9.13. The van der Waals surface area contributed by atoms with Crippen molar-refractivity contribution in [1.29, 1.82) is 0 Å². The summed E-state index contributed by atoms with van der Waals surface area (Å²) in [4.78, 5) is 21.1. The first kappa shape index (κ1) is 12.8. The number of carbonyl (C=O) groups excluding carboxylic acids is 1. The second kappa shape index (κ2) is 7.05. The predicted molar refractivity (Wildman–Crippen MR) is 62.7 cm³/mol. The van der Waals surface area contributed by atoms with Gasteiger partial charge in [0.25, 0.3) is 0 Å². The van der Waals surface area contributed by atoms with E-state index in [1.807, 2.05) is 30.3 Å². The van der Waals surface area contributed by atoms with Crippen molar-refractivity contribution < 1.29 is 19.4 Å². The molecule has 0 spiro atoms. The number of carboxylic acid groups (broad SMARTS) is 1. The molecule has 0 atom stereocenters. The normalized spacial score (nSPS) is 10.1. The Morgan fingerprint density at radius 3 is 2.59 bits per heavy atom. The van der Waals surface area contributed by atoms with Crippen LogP contribution in [0.2, 0.25) is 0 Å². The number of benzene rings is 1. The molecule has 90 valence electrons. The van der Waals surface area contributed by atoms with Gasteiger partial charge >= 0.3 is 11.9 Å². The lowest BCUT2D eigenvalue weighted by molar-refractivity contribution is -0.138. The zero-order chi connectivity index (χ0) is 12.5. The summed E-state index contributed by atoms with van der Waals surface area (Å²) >= 11 is 0. The number of nitrogens with one attached hydrogen (secondary N) is 1. The first-order chi connectivity index (χ1) is 8.18. The van der Waals surface area contributed by atoms with Crippen LogP contribution >= 0.6 is 0 Å². The number of carboxylic acids is 1. The van der Waals surface area contributed by atoms with Crippen LogP contribution < -0.4 is 5.32 Å². The summed E-state index contributed by atoms with van der Waals surface area (Å²) in [5, 5.41) is 11.3. The fraction of sp³-hybridized carbons (Fsp3) is 0.167. The molecule has 0 unspecified atom stereocenters. The van der Waals surface area contributed by atoms with Gasteiger partial charge in [-0.25, -0.2) is 9.59 Å². The monoisotopic (exact) mass is 235 g/mol. The van der Waals surface area contributed by atoms with Crippen LogP contribution in [-0.2, 0) is 14.3 Å². The Labute approximate surface area is 98.7 Å². The van der Waals surface area contributed by atoms with Gasteiger partial charge < -0.3 is 15.2 Å². The number of aliphatic carboxylic acids is 1. The summed E-state index contributed by atoms with van der Waals surface area (Å²) < 4.78 is 4.76. The molecule has 1 rings (SSSR count). The SMILES string of the molecule is O=C(O)/C=C\C(=O)OCCNc1ccccc1. The number of hydrogen-bond acceptors (Lipinski definition) is 4. The Morgan fingerprint density at radius 1 is 1.24 bits per heavy atom. The topological polar surface area (TPSA) is 75.6 Å². The fourth-order valence-electron chi connectivity index (χ4n) is 1.09. The summed E-state index contributed by atoms with van der Waals surface area (Å²) in [6, 6.07) is 9.48. The standard InChI is InChI=1S/C12H13NO4/c14-11(15)6-7-12(16)17-9-8-13-10-4-2-1-3-5-10/h1-7,13H,8-9H2,(H,14,15)/b7-6-. The Kier molecular flexibility index (Phi) is 5.30. The number of carbonyl (C=O) groups is 2. The molecule has 17 heavy (non-hydrogen) atoms. The molecule has 0 bridgehead atoms. The van der Waals surface area contributed by atoms with Crippen molar-refractivity contribution in [1.82, 2.24) is 0 Å². The summed E-state index contributed by atoms with van der Waals surface area (Å²) in [6.45, 7) is 0.647. The van der Waals surface area contributed by atoms with Crippen molar-refractivity contribution in [3.05, 3.63) is 42.5 Å². The van der Waals surface area contributed by atoms with E-state index in [1.54, 1.807) is 0 Å². The van der Waals surface area contributed by atoms with Crippen molar-refractivity contribution in [2.45, 2.75) is 0 Å². The molecule has 0 fully saturated rings. The molecule has 0 amide bonds. The van der Waals surface area contributed by atoms with E-state index in [0.717, 1.165) is 17.8 Å². The Morgan fingerprint density at radius 2 is 1.94 bits per heavy atom. The van der Waals surface area contributed by atoms with Gasteiger partial charge in [0.05, 0.1) is 0 Å². The van der Waals surface area contributed by atoms with Crippen molar-refractivity contribution >= 4 is 17.6 Å². The van der Waals surface area contributed by atoms with Crippen molar-refractivity contribution in [2.24, 2.45) is 0 Å². The third-order valence-corrected chi connectivity index (χ3v) is 1.81. The number of anilines is 1. The molecule has 0 aromatic heterocycles. The van der Waals surface area contributed by atoms with Gasteiger partial charge in [0, 0.05) is 24.4 Å². The maximum atomic E-state index is 11.0. The largest absolute Gasteiger partial charge is 0.478 e. The molecule has 0 saturated carbocycles. The highest BCUT2D eigenvalue weighted by atomic mass is 16.5. The van der Waals surface area contributed by atoms with Gasteiger partial charge in [-0.3, -0.25) is 0 Å². The number of hydrogen-bond donors (Lipinski definition) is 2. The number of esters is 1. The van der Waals surface area contributed by atoms with E-state index in [2.05, 4.69) is 5.32 Å². The van der Waals surface area contributed by atoms with Gasteiger partial charge in [0.2, 0.25) is 0 Å². The third-order valence-electron chi connectivity index (χ3n) is 1.81. The molecule has 0 heterocycles. The van der Waals surface area contributed by atoms with Gasteiger partial charge in [-0.05, 0) is 12.1 Å². The third kappa shape index (κ3) is 5.99. The van der Waals surface area contributed by atoms with Crippen molar-refractivity contribution in [3.63, 3.8) is 0 Å². The van der Waals surface area contributed by atoms with Crippen molar-refractivity contribution in [2.75, 3.05) is 18.5 Å². The Hall–Kier alpha value is -2.30. The number of para-hydroxylation sites is 1. The van der Waals surface area contributed by atoms with Crippen LogP contribution in [0.25, 0.3) is 0 Å². The molecule has 1 aromatic rings. The minimum absolute atomic E-state index is 0.178. The van der Waals surface area contributed by atoms with Gasteiger partial charge in [-0.2, -0.15) is 0 Å². The lowest BCUT2D eigenvalue weighted by atomic mass is 10.3. The van der Waals surface area contributed by atoms with E-state index >= 15 is 0 Å². The van der Waals surface area contributed by atoms with Crippen LogP contribution in [0.1, 0.15) is 0 Å². The van der Waals surface area contributed by atoms with Gasteiger partial charge in [0.15, 0.2) is 0 Å². The van der Waals surface area contributed by atoms with Crippen molar-refractivity contribution in [3.8, 4) is 0 Å². The van der Waals surface area contributed by atoms with E-state index in [9.17, 15) is 9.59 Å². The zero-order valence-corrected chi connectivity index (χ0v) is 9.13. The molecule has 0 radical (unpaired) electrons. The summed E-state index contributed by atoms with van der Waals surface area (Å²) in [7, 11) is 0. The van der Waals surface area contributed by atoms with Gasteiger partial charge in [-0.15, -0.1) is 0 Å². The smallest absolute Gasteiger partial charge is 0.331 e. The number of rotatable bonds is 6. The maximum Gasteiger partial charge on any atom is 0.331 e. The molecule has 0 saturated heterocycles. The average Bonchev–Trinajstić information content (AvgIpc) is 2.33. The van der Waals surface area contributed by atoms with E-state index in [1.165, 1.54) is 0 Å². The van der Waals surface area contributed by atoms with Crippen LogP contribution in [0.4, 0.5) is 5.69 Å². The lowest BCUT2D eigenvalue weighted by Gasteiger charge is -2.05. The Bertz CT molecular complexity index is 400. The van der Waals surface area contributed by atoms with E-state index in [0.29, 0.717) is 6.54 Å². The van der Waals surface area contributed by atoms with Crippen LogP contribution in [0.5, 0.6) is 0 Å². The molecule has 5 nitrogen and oxygen atoms in total. The highest BCUT2D eigenvalue weighted by molar-refractivity contribution is 5.90. The average molecular weight is 235 g/mol. The van der Waals surface area contributed by atoms with Crippen LogP contribution in [0.3, 0.4) is 0 Å². The highest BCUT2D eigenvalue weighted by Crippen LogP contribution is 2.03. The maximum absolute atomic E-state index is 11.0.